The molecule has 2 rings (SSSR count). The predicted molar refractivity (Wildman–Crippen MR) is 109 cm³/mol. The number of para-hydroxylation sites is 1. The Morgan fingerprint density at radius 1 is 1.10 bits per heavy atom. The summed E-state index contributed by atoms with van der Waals surface area (Å²) in [7, 11) is 2.94. The Balaban J connectivity index is 2.05. The van der Waals surface area contributed by atoms with E-state index in [1.807, 2.05) is 12.1 Å². The SMILES string of the molecule is COCCNC(=O)/C(C#N)=C/c1ccc(OC(=O)COc2ccccc2)c(OC)c1. The van der Waals surface area contributed by atoms with Gasteiger partial charge in [-0.15, -0.1) is 0 Å². The van der Waals surface area contributed by atoms with E-state index in [9.17, 15) is 14.9 Å². The fraction of sp³-hybridized carbons (Fsp3) is 0.227. The average molecular weight is 410 g/mol. The van der Waals surface area contributed by atoms with Crippen LogP contribution in [-0.4, -0.2) is 45.9 Å². The van der Waals surface area contributed by atoms with Crippen molar-refractivity contribution < 1.29 is 28.5 Å². The van der Waals surface area contributed by atoms with E-state index < -0.39 is 11.9 Å². The molecule has 2 aromatic carbocycles. The van der Waals surface area contributed by atoms with Crippen molar-refractivity contribution in [3.63, 3.8) is 0 Å². The van der Waals surface area contributed by atoms with Crippen molar-refractivity contribution in [2.45, 2.75) is 0 Å². The fourth-order valence-corrected chi connectivity index (χ4v) is 2.35. The van der Waals surface area contributed by atoms with Gasteiger partial charge < -0.3 is 24.3 Å². The molecule has 2 aromatic rings. The van der Waals surface area contributed by atoms with Crippen LogP contribution in [0, 0.1) is 11.3 Å². The molecular formula is C22H22N2O6. The maximum Gasteiger partial charge on any atom is 0.349 e. The predicted octanol–water partition coefficient (Wildman–Crippen LogP) is 2.35. The molecule has 156 valence electrons. The number of nitrogens with one attached hydrogen (secondary N) is 1. The maximum atomic E-state index is 12.1. The Bertz CT molecular complexity index is 934. The third-order valence-electron chi connectivity index (χ3n) is 3.78. The van der Waals surface area contributed by atoms with Crippen molar-refractivity contribution in [2.24, 2.45) is 0 Å². The van der Waals surface area contributed by atoms with Gasteiger partial charge in [-0.05, 0) is 35.9 Å². The summed E-state index contributed by atoms with van der Waals surface area (Å²) in [6.07, 6.45) is 1.41. The molecule has 0 spiro atoms. The van der Waals surface area contributed by atoms with Crippen molar-refractivity contribution >= 4 is 18.0 Å². The van der Waals surface area contributed by atoms with Crippen LogP contribution in [0.4, 0.5) is 0 Å². The van der Waals surface area contributed by atoms with Gasteiger partial charge in [0.1, 0.15) is 17.4 Å². The number of hydrogen-bond donors (Lipinski definition) is 1. The Labute approximate surface area is 174 Å². The van der Waals surface area contributed by atoms with Crippen LogP contribution in [0.2, 0.25) is 0 Å². The van der Waals surface area contributed by atoms with Gasteiger partial charge in [-0.3, -0.25) is 4.79 Å². The number of nitrogens with zero attached hydrogens (tertiary/aromatic N) is 1. The summed E-state index contributed by atoms with van der Waals surface area (Å²) in [5, 5.41) is 11.8. The zero-order valence-electron chi connectivity index (χ0n) is 16.7. The summed E-state index contributed by atoms with van der Waals surface area (Å²) in [6.45, 7) is 0.360. The van der Waals surface area contributed by atoms with E-state index in [0.717, 1.165) is 0 Å². The van der Waals surface area contributed by atoms with Gasteiger partial charge in [-0.1, -0.05) is 24.3 Å². The molecule has 0 aliphatic heterocycles. The number of carbonyl (C=O) groups is 2. The van der Waals surface area contributed by atoms with Gasteiger partial charge in [-0.25, -0.2) is 4.79 Å². The van der Waals surface area contributed by atoms with Crippen LogP contribution in [0.25, 0.3) is 6.08 Å². The molecule has 0 aliphatic carbocycles. The van der Waals surface area contributed by atoms with Crippen LogP contribution in [-0.2, 0) is 14.3 Å². The van der Waals surface area contributed by atoms with Crippen molar-refractivity contribution in [1.29, 1.82) is 5.26 Å². The highest BCUT2D eigenvalue weighted by molar-refractivity contribution is 6.01. The number of methoxy groups -OCH3 is 2. The Morgan fingerprint density at radius 2 is 1.87 bits per heavy atom. The first-order chi connectivity index (χ1) is 14.6. The normalized spacial score (nSPS) is 10.6. The van der Waals surface area contributed by atoms with Crippen LogP contribution in [0.1, 0.15) is 5.56 Å². The minimum absolute atomic E-state index is 0.0749. The zero-order valence-corrected chi connectivity index (χ0v) is 16.7. The van der Waals surface area contributed by atoms with Crippen molar-refractivity contribution in [3.05, 3.63) is 59.7 Å². The molecule has 0 aliphatic rings. The van der Waals surface area contributed by atoms with Gasteiger partial charge in [0.25, 0.3) is 5.91 Å². The van der Waals surface area contributed by atoms with E-state index in [-0.39, 0.29) is 30.2 Å². The molecule has 0 radical (unpaired) electrons. The van der Waals surface area contributed by atoms with Crippen LogP contribution in [0.15, 0.2) is 54.1 Å². The summed E-state index contributed by atoms with van der Waals surface area (Å²) in [6, 6.07) is 15.4. The monoisotopic (exact) mass is 410 g/mol. The molecule has 30 heavy (non-hydrogen) atoms. The molecule has 1 N–H and O–H groups in total. The molecule has 1 amide bonds. The number of hydrogen-bond acceptors (Lipinski definition) is 7. The lowest BCUT2D eigenvalue weighted by molar-refractivity contribution is -0.136. The van der Waals surface area contributed by atoms with Crippen LogP contribution in [0.5, 0.6) is 17.2 Å². The smallest absolute Gasteiger partial charge is 0.349 e. The summed E-state index contributed by atoms with van der Waals surface area (Å²) >= 11 is 0. The molecule has 0 aromatic heterocycles. The van der Waals surface area contributed by atoms with Crippen LogP contribution >= 0.6 is 0 Å². The Morgan fingerprint density at radius 3 is 2.53 bits per heavy atom. The first kappa shape index (κ1) is 22.5. The molecule has 0 unspecified atom stereocenters. The quantitative estimate of drug-likeness (QED) is 0.211. The second-order valence-electron chi connectivity index (χ2n) is 5.90. The number of carbonyl (C=O) groups excluding carboxylic acids is 2. The summed E-state index contributed by atoms with van der Waals surface area (Å²) in [5.41, 5.74) is 0.458. The minimum Gasteiger partial charge on any atom is -0.493 e. The lowest BCUT2D eigenvalue weighted by Crippen LogP contribution is -2.27. The van der Waals surface area contributed by atoms with Crippen molar-refractivity contribution in [1.82, 2.24) is 5.32 Å². The van der Waals surface area contributed by atoms with Gasteiger partial charge in [-0.2, -0.15) is 5.26 Å². The minimum atomic E-state index is -0.601. The number of amides is 1. The van der Waals surface area contributed by atoms with Gasteiger partial charge in [0.2, 0.25) is 0 Å². The van der Waals surface area contributed by atoms with E-state index in [2.05, 4.69) is 5.32 Å². The highest BCUT2D eigenvalue weighted by atomic mass is 16.6. The van der Waals surface area contributed by atoms with E-state index in [1.54, 1.807) is 36.4 Å². The van der Waals surface area contributed by atoms with E-state index >= 15 is 0 Å². The second kappa shape index (κ2) is 11.9. The van der Waals surface area contributed by atoms with Gasteiger partial charge in [0.15, 0.2) is 18.1 Å². The molecule has 0 fully saturated rings. The zero-order chi connectivity index (χ0) is 21.8. The van der Waals surface area contributed by atoms with Crippen LogP contribution in [0.3, 0.4) is 0 Å². The van der Waals surface area contributed by atoms with E-state index in [4.69, 9.17) is 18.9 Å². The molecule has 0 bridgehead atoms. The second-order valence-corrected chi connectivity index (χ2v) is 5.90. The summed E-state index contributed by atoms with van der Waals surface area (Å²) in [4.78, 5) is 24.1. The van der Waals surface area contributed by atoms with E-state index in [0.29, 0.717) is 17.9 Å². The number of benzene rings is 2. The third kappa shape index (κ3) is 6.96. The van der Waals surface area contributed by atoms with Gasteiger partial charge in [0, 0.05) is 13.7 Å². The largest absolute Gasteiger partial charge is 0.493 e. The molecule has 0 saturated heterocycles. The molecule has 0 heterocycles. The van der Waals surface area contributed by atoms with Gasteiger partial charge in [0.05, 0.1) is 13.7 Å². The molecule has 8 nitrogen and oxygen atoms in total. The van der Waals surface area contributed by atoms with Gasteiger partial charge >= 0.3 is 5.97 Å². The highest BCUT2D eigenvalue weighted by Gasteiger charge is 2.13. The molecule has 0 saturated carbocycles. The average Bonchev–Trinajstić information content (AvgIpc) is 2.77. The number of rotatable bonds is 10. The third-order valence-corrected chi connectivity index (χ3v) is 3.78. The first-order valence-corrected chi connectivity index (χ1v) is 9.03. The first-order valence-electron chi connectivity index (χ1n) is 9.03. The standard InChI is InChI=1S/C22H22N2O6/c1-27-11-10-24-22(26)17(14-23)12-16-8-9-19(20(13-16)28-2)30-21(25)15-29-18-6-4-3-5-7-18/h3-9,12-13H,10-11,15H2,1-2H3,(H,24,26)/b17-12+. The lowest BCUT2D eigenvalue weighted by Gasteiger charge is -2.11. The molecule has 0 atom stereocenters. The number of ether oxygens (including phenoxy) is 4. The Kier molecular flexibility index (Phi) is 8.90. The highest BCUT2D eigenvalue weighted by Crippen LogP contribution is 2.29. The fourth-order valence-electron chi connectivity index (χ4n) is 2.35. The number of esters is 1. The number of nitriles is 1. The Hall–Kier alpha value is -3.83. The topological polar surface area (TPSA) is 107 Å². The van der Waals surface area contributed by atoms with Crippen molar-refractivity contribution in [2.75, 3.05) is 34.0 Å². The summed E-state index contributed by atoms with van der Waals surface area (Å²) in [5.74, 6) is -0.0965. The maximum absolute atomic E-state index is 12.1. The van der Waals surface area contributed by atoms with E-state index in [1.165, 1.54) is 26.4 Å². The molecule has 8 heteroatoms. The lowest BCUT2D eigenvalue weighted by atomic mass is 10.1. The van der Waals surface area contributed by atoms with Crippen LogP contribution < -0.4 is 19.5 Å². The van der Waals surface area contributed by atoms with Crippen molar-refractivity contribution in [3.8, 4) is 23.3 Å². The molecular weight excluding hydrogens is 388 g/mol. The summed E-state index contributed by atoms with van der Waals surface area (Å²) < 4.78 is 20.8.